The molecule has 6 aliphatic rings. The first-order chi connectivity index (χ1) is 32.9. The molecule has 5 aliphatic heterocycles. The standard InChI is InChI=1S/C53H68N6O10/c1-32(2)31-59-26-22-53(23-27-59)56-44-41-42-47(63)35(5)49-43(41)50(65)52(6,69-49)67-28-12-11-19-38(68-40(62)30-39(61)54-24-14-25-58(7)36-17-9-8-10-18-36)29-37(60)21-20-33(3)15-13-16-34(4)51(66)55-46(48(42)64)45(44)57-53/h8-10,12-13,15-18,28,32-33,37-38,57,60,63H,11,14,19-27,29-31H2,1-7H3,(H,54,61)(H,55,66)/b15-13+,28-12+,34-16-/t33?,37?,38-,52?/m1/s1. The Bertz CT molecular complexity index is 2470. The summed E-state index contributed by atoms with van der Waals surface area (Å²) in [5.41, 5.74) is 1.15. The number of Topliss-reactive ketones (excluding diaryl/α,β-unsaturated/α-hetero) is 2. The monoisotopic (exact) mass is 948 g/mol. The molecule has 5 N–H and O–H groups in total. The van der Waals surface area contributed by atoms with Gasteiger partial charge in [-0.25, -0.2) is 0 Å². The van der Waals surface area contributed by atoms with Crippen LogP contribution in [0.25, 0.3) is 0 Å². The molecule has 1 saturated heterocycles. The molecule has 16 nitrogen and oxygen atoms in total. The van der Waals surface area contributed by atoms with Crippen LogP contribution < -0.4 is 25.6 Å². The topological polar surface area (TPSA) is 208 Å². The molecule has 0 saturated carbocycles. The van der Waals surface area contributed by atoms with Gasteiger partial charge in [0.15, 0.2) is 0 Å². The molecule has 370 valence electrons. The predicted molar refractivity (Wildman–Crippen MR) is 262 cm³/mol. The number of nitrogens with one attached hydrogen (secondary N) is 3. The second-order valence-electron chi connectivity index (χ2n) is 19.6. The van der Waals surface area contributed by atoms with Gasteiger partial charge in [-0.05, 0) is 76.0 Å². The summed E-state index contributed by atoms with van der Waals surface area (Å²) in [5.74, 6) is -4.78. The van der Waals surface area contributed by atoms with E-state index in [1.165, 1.54) is 13.2 Å². The van der Waals surface area contributed by atoms with Gasteiger partial charge in [-0.15, -0.1) is 0 Å². The maximum Gasteiger partial charge on any atom is 0.315 e. The zero-order valence-electron chi connectivity index (χ0n) is 41.0. The summed E-state index contributed by atoms with van der Waals surface area (Å²) < 4.78 is 18.1. The molecule has 69 heavy (non-hydrogen) atoms. The highest BCUT2D eigenvalue weighted by atomic mass is 16.7. The molecule has 2 aromatic rings. The molecular formula is C53H68N6O10. The van der Waals surface area contributed by atoms with Crippen LogP contribution in [0.15, 0.2) is 82.9 Å². The lowest BCUT2D eigenvalue weighted by molar-refractivity contribution is -0.152. The van der Waals surface area contributed by atoms with Gasteiger partial charge < -0.3 is 50.2 Å². The number of piperidine rings is 1. The molecule has 5 bridgehead atoms. The van der Waals surface area contributed by atoms with Crippen LogP contribution in [0, 0.1) is 18.8 Å². The van der Waals surface area contributed by atoms with E-state index in [2.05, 4.69) is 39.6 Å². The van der Waals surface area contributed by atoms with Gasteiger partial charge in [0, 0.05) is 88.3 Å². The summed E-state index contributed by atoms with van der Waals surface area (Å²) >= 11 is 0. The number of fused-ring (bicyclic) bond motifs is 13. The first-order valence-electron chi connectivity index (χ1n) is 24.3. The molecule has 2 amide bonds. The third-order valence-electron chi connectivity index (χ3n) is 13.5. The minimum absolute atomic E-state index is 0.000425. The van der Waals surface area contributed by atoms with Crippen molar-refractivity contribution in [2.45, 2.75) is 123 Å². The van der Waals surface area contributed by atoms with Crippen LogP contribution >= 0.6 is 0 Å². The Morgan fingerprint density at radius 2 is 1.78 bits per heavy atom. The van der Waals surface area contributed by atoms with Gasteiger partial charge in [0.25, 0.3) is 11.7 Å². The van der Waals surface area contributed by atoms with Crippen LogP contribution in [0.3, 0.4) is 0 Å². The van der Waals surface area contributed by atoms with E-state index in [1.807, 2.05) is 50.4 Å². The molecule has 8 rings (SSSR count). The number of nitrogens with zero attached hydrogens (tertiary/aromatic N) is 3. The van der Waals surface area contributed by atoms with E-state index in [0.29, 0.717) is 63.1 Å². The van der Waals surface area contributed by atoms with E-state index in [-0.39, 0.29) is 63.9 Å². The number of phenols is 1. The number of aliphatic hydroxyl groups is 1. The number of aliphatic hydroxyl groups excluding tert-OH is 1. The van der Waals surface area contributed by atoms with Crippen molar-refractivity contribution in [2.75, 3.05) is 44.7 Å². The van der Waals surface area contributed by atoms with Gasteiger partial charge in [-0.3, -0.25) is 29.0 Å². The van der Waals surface area contributed by atoms with Crippen LogP contribution in [0.2, 0.25) is 0 Å². The molecule has 1 aliphatic carbocycles. The number of hydrogen-bond acceptors (Lipinski definition) is 14. The number of hydrogen-bond donors (Lipinski definition) is 5. The lowest BCUT2D eigenvalue weighted by atomic mass is 9.82. The van der Waals surface area contributed by atoms with Crippen molar-refractivity contribution in [3.8, 4) is 11.5 Å². The normalized spacial score (nSPS) is 25.6. The highest BCUT2D eigenvalue weighted by molar-refractivity contribution is 6.34. The maximum absolute atomic E-state index is 14.7. The number of rotatable bonds is 10. The van der Waals surface area contributed by atoms with E-state index in [1.54, 1.807) is 32.1 Å². The Balaban J connectivity index is 1.12. The number of anilines is 1. The molecular weight excluding hydrogens is 881 g/mol. The summed E-state index contributed by atoms with van der Waals surface area (Å²) in [6.45, 7) is 14.4. The van der Waals surface area contributed by atoms with E-state index >= 15 is 0 Å². The van der Waals surface area contributed by atoms with Gasteiger partial charge in [-0.2, -0.15) is 0 Å². The second kappa shape index (κ2) is 21.6. The number of allylic oxidation sites excluding steroid dienone is 6. The molecule has 1 fully saturated rings. The SMILES string of the molecule is C/C1=C/C=C/C(C)CCC(O)C[C@H](OC(=O)CC(=O)NCCCN(C)c2ccccc2)CC/C=C/OC2(C)Oc3c(C)c(O)c4c(c3C2=O)C2=NC3(CCN(CC(C)C)CC3)NC2=C(NC1=O)C4=O. The highest BCUT2D eigenvalue weighted by Crippen LogP contribution is 2.50. The Labute approximate surface area is 404 Å². The quantitative estimate of drug-likeness (QED) is 0.101. The van der Waals surface area contributed by atoms with Crippen molar-refractivity contribution in [3.05, 3.63) is 100 Å². The average Bonchev–Trinajstić information content (AvgIpc) is 3.81. The highest BCUT2D eigenvalue weighted by Gasteiger charge is 2.54. The number of benzene rings is 2. The fourth-order valence-corrected chi connectivity index (χ4v) is 9.54. The molecule has 3 unspecified atom stereocenters. The van der Waals surface area contributed by atoms with Crippen LogP contribution in [0.1, 0.15) is 124 Å². The Kier molecular flexibility index (Phi) is 15.8. The number of aliphatic imine (C=N–C) groups is 1. The van der Waals surface area contributed by atoms with Crippen molar-refractivity contribution < 1.29 is 48.4 Å². The van der Waals surface area contributed by atoms with Crippen LogP contribution in [0.5, 0.6) is 11.5 Å². The smallest absolute Gasteiger partial charge is 0.315 e. The van der Waals surface area contributed by atoms with Gasteiger partial charge in [0.1, 0.15) is 35.4 Å². The summed E-state index contributed by atoms with van der Waals surface area (Å²) in [6.07, 6.45) is 9.77. The van der Waals surface area contributed by atoms with E-state index in [4.69, 9.17) is 19.2 Å². The first kappa shape index (κ1) is 50.6. The van der Waals surface area contributed by atoms with Crippen LogP contribution in [0.4, 0.5) is 5.69 Å². The molecule has 0 radical (unpaired) electrons. The maximum atomic E-state index is 14.7. The lowest BCUT2D eigenvalue weighted by Crippen LogP contribution is -2.50. The van der Waals surface area contributed by atoms with E-state index < -0.39 is 65.2 Å². The minimum Gasteiger partial charge on any atom is -0.507 e. The minimum atomic E-state index is -1.91. The first-order valence-corrected chi connectivity index (χ1v) is 24.3. The summed E-state index contributed by atoms with van der Waals surface area (Å²) in [5, 5.41) is 32.1. The molecule has 1 spiro atoms. The molecule has 16 heteroatoms. The Hall–Kier alpha value is -6.26. The molecule has 0 aromatic heterocycles. The van der Waals surface area contributed by atoms with Crippen molar-refractivity contribution in [1.29, 1.82) is 0 Å². The number of ketones is 2. The number of carbonyl (C=O) groups excluding carboxylic acids is 5. The average molecular weight is 949 g/mol. The van der Waals surface area contributed by atoms with Crippen molar-refractivity contribution in [2.24, 2.45) is 16.8 Å². The summed E-state index contributed by atoms with van der Waals surface area (Å²) in [4.78, 5) is 78.8. The predicted octanol–water partition coefficient (Wildman–Crippen LogP) is 6.29. The van der Waals surface area contributed by atoms with Gasteiger partial charge >= 0.3 is 11.8 Å². The van der Waals surface area contributed by atoms with Gasteiger partial charge in [0.2, 0.25) is 11.7 Å². The Morgan fingerprint density at radius 3 is 2.51 bits per heavy atom. The number of carbonyl (C=O) groups is 5. The Morgan fingerprint density at radius 1 is 1.04 bits per heavy atom. The van der Waals surface area contributed by atoms with Gasteiger partial charge in [-0.1, -0.05) is 57.2 Å². The number of phenolic OH excluding ortho intramolecular Hbond substituents is 1. The summed E-state index contributed by atoms with van der Waals surface area (Å²) in [6, 6.07) is 9.90. The third-order valence-corrected chi connectivity index (χ3v) is 13.5. The van der Waals surface area contributed by atoms with Crippen LogP contribution in [-0.4, -0.2) is 114 Å². The molecule has 2 aromatic carbocycles. The number of esters is 1. The fraction of sp³-hybridized carbons (Fsp3) is 0.509. The second-order valence-corrected chi connectivity index (χ2v) is 19.6. The van der Waals surface area contributed by atoms with Crippen molar-refractivity contribution >= 4 is 40.7 Å². The number of aromatic hydroxyl groups is 1. The van der Waals surface area contributed by atoms with Crippen molar-refractivity contribution in [3.63, 3.8) is 0 Å². The summed E-state index contributed by atoms with van der Waals surface area (Å²) in [7, 11) is 1.97. The molecule has 5 heterocycles. The van der Waals surface area contributed by atoms with Gasteiger partial charge in [0.05, 0.1) is 34.9 Å². The number of ether oxygens (including phenoxy) is 3. The largest absolute Gasteiger partial charge is 0.507 e. The lowest BCUT2D eigenvalue weighted by Gasteiger charge is -2.38. The fourth-order valence-electron chi connectivity index (χ4n) is 9.54. The zero-order chi connectivity index (χ0) is 49.6. The number of amides is 2. The van der Waals surface area contributed by atoms with Crippen molar-refractivity contribution in [1.82, 2.24) is 20.9 Å². The van der Waals surface area contributed by atoms with E-state index in [0.717, 1.165) is 25.3 Å². The number of para-hydroxylation sites is 1. The van der Waals surface area contributed by atoms with E-state index in [9.17, 15) is 34.2 Å². The third kappa shape index (κ3) is 11.6. The number of likely N-dealkylation sites (tertiary alicyclic amines) is 1. The van der Waals surface area contributed by atoms with Crippen LogP contribution in [-0.2, 0) is 23.9 Å². The zero-order valence-corrected chi connectivity index (χ0v) is 41.0. The molecule has 4 atom stereocenters.